The molecule has 39 heavy (non-hydrogen) atoms. The molecule has 0 bridgehead atoms. The van der Waals surface area contributed by atoms with Crippen LogP contribution in [0.1, 0.15) is 37.0 Å². The lowest BCUT2D eigenvalue weighted by atomic mass is 9.88. The molecule has 1 saturated heterocycles. The molecule has 0 saturated carbocycles. The van der Waals surface area contributed by atoms with Crippen molar-refractivity contribution in [3.05, 3.63) is 88.7 Å². The van der Waals surface area contributed by atoms with Gasteiger partial charge in [-0.25, -0.2) is 4.79 Å². The molecule has 2 aromatic carbocycles. The maximum absolute atomic E-state index is 12.5. The average molecular weight is 531 g/mol. The van der Waals surface area contributed by atoms with Crippen molar-refractivity contribution in [2.45, 2.75) is 45.2 Å². The summed E-state index contributed by atoms with van der Waals surface area (Å²) < 4.78 is 28.9. The van der Waals surface area contributed by atoms with E-state index in [1.54, 1.807) is 11.0 Å². The van der Waals surface area contributed by atoms with Gasteiger partial charge in [0.25, 0.3) is 0 Å². The van der Waals surface area contributed by atoms with Gasteiger partial charge in [-0.1, -0.05) is 30.3 Å². The summed E-state index contributed by atoms with van der Waals surface area (Å²) >= 11 is 0. The third-order valence-electron chi connectivity index (χ3n) is 7.08. The van der Waals surface area contributed by atoms with E-state index in [0.29, 0.717) is 45.1 Å². The number of benzene rings is 2. The Kier molecular flexibility index (Phi) is 8.20. The highest BCUT2D eigenvalue weighted by atomic mass is 16.7. The standard InChI is InChI=1S/C31H34N2O6/c1-31(2)37-21-26-17-25(8-11-28(26)39-31)29-19-33(30(34)38-29)13-12-22-6-9-27(10-7-22)36-15-14-35-20-24-5-3-4-23(16-24)18-32/h3-11,16,25,29H,12-15,17,19-21H2,1-2H3. The molecule has 0 aromatic heterocycles. The van der Waals surface area contributed by atoms with Crippen molar-refractivity contribution in [1.82, 2.24) is 4.90 Å². The third-order valence-corrected chi connectivity index (χ3v) is 7.08. The smallest absolute Gasteiger partial charge is 0.410 e. The number of cyclic esters (lactones) is 1. The van der Waals surface area contributed by atoms with Crippen molar-refractivity contribution in [2.75, 3.05) is 32.9 Å². The van der Waals surface area contributed by atoms with Crippen LogP contribution in [0.2, 0.25) is 0 Å². The summed E-state index contributed by atoms with van der Waals surface area (Å²) in [5, 5.41) is 8.98. The molecule has 8 heteroatoms. The second kappa shape index (κ2) is 11.9. The van der Waals surface area contributed by atoms with Crippen molar-refractivity contribution in [3.8, 4) is 11.8 Å². The molecule has 1 fully saturated rings. The minimum atomic E-state index is -0.612. The molecule has 204 valence electrons. The number of hydrogen-bond donors (Lipinski definition) is 0. The lowest BCUT2D eigenvalue weighted by Gasteiger charge is -2.36. The van der Waals surface area contributed by atoms with Gasteiger partial charge in [-0.05, 0) is 59.9 Å². The normalized spacial score (nSPS) is 21.7. The SMILES string of the molecule is CC1(C)OCC2=C(C=CC(C3CN(CCc4ccc(OCCOCc5cccc(C#N)c5)cc4)C(=O)O3)C2)O1. The maximum atomic E-state index is 12.5. The molecule has 2 atom stereocenters. The summed E-state index contributed by atoms with van der Waals surface area (Å²) in [6.07, 6.45) is 5.16. The van der Waals surface area contributed by atoms with Crippen LogP contribution in [0, 0.1) is 17.2 Å². The number of nitriles is 1. The summed E-state index contributed by atoms with van der Waals surface area (Å²) in [7, 11) is 0. The number of ether oxygens (including phenoxy) is 5. The van der Waals surface area contributed by atoms with Gasteiger partial charge in [0, 0.05) is 26.3 Å². The summed E-state index contributed by atoms with van der Waals surface area (Å²) in [5.74, 6) is 1.16. The van der Waals surface area contributed by atoms with Gasteiger partial charge in [0.05, 0.1) is 38.0 Å². The Morgan fingerprint density at radius 3 is 2.79 bits per heavy atom. The van der Waals surface area contributed by atoms with E-state index in [1.807, 2.05) is 62.4 Å². The summed E-state index contributed by atoms with van der Waals surface area (Å²) in [6, 6.07) is 17.4. The Morgan fingerprint density at radius 1 is 1.13 bits per heavy atom. The van der Waals surface area contributed by atoms with Crippen LogP contribution < -0.4 is 4.74 Å². The van der Waals surface area contributed by atoms with Crippen LogP contribution in [-0.4, -0.2) is 55.8 Å². The van der Waals surface area contributed by atoms with Crippen LogP contribution in [0.3, 0.4) is 0 Å². The highest BCUT2D eigenvalue weighted by molar-refractivity contribution is 5.70. The van der Waals surface area contributed by atoms with E-state index < -0.39 is 5.79 Å². The number of hydrogen-bond acceptors (Lipinski definition) is 7. The molecule has 2 aromatic rings. The minimum Gasteiger partial charge on any atom is -0.491 e. The zero-order valence-electron chi connectivity index (χ0n) is 22.4. The van der Waals surface area contributed by atoms with Gasteiger partial charge in [0.2, 0.25) is 5.79 Å². The third kappa shape index (κ3) is 6.99. The van der Waals surface area contributed by atoms with Crippen molar-refractivity contribution in [1.29, 1.82) is 5.26 Å². The highest BCUT2D eigenvalue weighted by Crippen LogP contribution is 2.36. The van der Waals surface area contributed by atoms with Gasteiger partial charge in [-0.2, -0.15) is 5.26 Å². The molecular weight excluding hydrogens is 496 g/mol. The molecule has 1 aliphatic carbocycles. The van der Waals surface area contributed by atoms with Gasteiger partial charge in [-0.3, -0.25) is 0 Å². The van der Waals surface area contributed by atoms with Gasteiger partial charge in [-0.15, -0.1) is 0 Å². The molecule has 2 heterocycles. The number of carbonyl (C=O) groups excluding carboxylic acids is 1. The van der Waals surface area contributed by atoms with Crippen LogP contribution in [0.5, 0.6) is 5.75 Å². The monoisotopic (exact) mass is 530 g/mol. The van der Waals surface area contributed by atoms with E-state index in [0.717, 1.165) is 41.1 Å². The molecule has 2 aliphatic heterocycles. The van der Waals surface area contributed by atoms with Crippen molar-refractivity contribution in [3.63, 3.8) is 0 Å². The van der Waals surface area contributed by atoms with Gasteiger partial charge in [0.15, 0.2) is 0 Å². The maximum Gasteiger partial charge on any atom is 0.410 e. The Balaban J connectivity index is 1.02. The second-order valence-corrected chi connectivity index (χ2v) is 10.5. The van der Waals surface area contributed by atoms with Crippen LogP contribution in [0.15, 0.2) is 72.0 Å². The molecule has 1 amide bonds. The van der Waals surface area contributed by atoms with Gasteiger partial charge < -0.3 is 28.6 Å². The summed E-state index contributed by atoms with van der Waals surface area (Å²) in [6.45, 7) is 6.85. The average Bonchev–Trinajstić information content (AvgIpc) is 3.32. The molecular formula is C31H34N2O6. The molecule has 0 spiro atoms. The van der Waals surface area contributed by atoms with E-state index in [9.17, 15) is 4.79 Å². The van der Waals surface area contributed by atoms with Gasteiger partial charge in [0.1, 0.15) is 24.2 Å². The van der Waals surface area contributed by atoms with Crippen LogP contribution >= 0.6 is 0 Å². The second-order valence-electron chi connectivity index (χ2n) is 10.5. The van der Waals surface area contributed by atoms with E-state index in [2.05, 4.69) is 12.1 Å². The fraction of sp³-hybridized carbons (Fsp3) is 0.419. The van der Waals surface area contributed by atoms with E-state index in [4.69, 9.17) is 28.9 Å². The number of amides is 1. The Hall–Kier alpha value is -3.80. The summed E-state index contributed by atoms with van der Waals surface area (Å²) in [5.41, 5.74) is 3.83. The molecule has 5 rings (SSSR count). The lowest BCUT2D eigenvalue weighted by Crippen LogP contribution is -2.36. The topological polar surface area (TPSA) is 90.2 Å². The zero-order chi connectivity index (χ0) is 27.2. The quantitative estimate of drug-likeness (QED) is 0.393. The Labute approximate surface area is 229 Å². The highest BCUT2D eigenvalue weighted by Gasteiger charge is 2.39. The molecule has 0 N–H and O–H groups in total. The van der Waals surface area contributed by atoms with Crippen molar-refractivity contribution < 1.29 is 28.5 Å². The number of carbonyl (C=O) groups is 1. The van der Waals surface area contributed by atoms with E-state index in [1.165, 1.54) is 0 Å². The fourth-order valence-electron chi connectivity index (χ4n) is 4.92. The fourth-order valence-corrected chi connectivity index (χ4v) is 4.92. The number of rotatable bonds is 10. The lowest BCUT2D eigenvalue weighted by molar-refractivity contribution is -0.198. The largest absolute Gasteiger partial charge is 0.491 e. The number of nitrogens with zero attached hydrogens (tertiary/aromatic N) is 2. The van der Waals surface area contributed by atoms with E-state index in [-0.39, 0.29) is 18.1 Å². The van der Waals surface area contributed by atoms with E-state index >= 15 is 0 Å². The first-order valence-electron chi connectivity index (χ1n) is 13.4. The first-order valence-corrected chi connectivity index (χ1v) is 13.4. The predicted octanol–water partition coefficient (Wildman–Crippen LogP) is 5.13. The Morgan fingerprint density at radius 2 is 1.97 bits per heavy atom. The predicted molar refractivity (Wildman–Crippen MR) is 144 cm³/mol. The first kappa shape index (κ1) is 26.8. The molecule has 2 unspecified atom stereocenters. The van der Waals surface area contributed by atoms with Gasteiger partial charge >= 0.3 is 6.09 Å². The van der Waals surface area contributed by atoms with Crippen molar-refractivity contribution in [2.24, 2.45) is 5.92 Å². The Bertz CT molecular complexity index is 1280. The minimum absolute atomic E-state index is 0.120. The molecule has 3 aliphatic rings. The molecule has 0 radical (unpaired) electrons. The first-order chi connectivity index (χ1) is 18.9. The number of allylic oxidation sites excluding steroid dienone is 1. The zero-order valence-corrected chi connectivity index (χ0v) is 22.4. The van der Waals surface area contributed by atoms with Crippen LogP contribution in [0.4, 0.5) is 4.79 Å². The molecule has 8 nitrogen and oxygen atoms in total. The van der Waals surface area contributed by atoms with Crippen LogP contribution in [0.25, 0.3) is 0 Å². The summed E-state index contributed by atoms with van der Waals surface area (Å²) in [4.78, 5) is 14.3. The van der Waals surface area contributed by atoms with Crippen LogP contribution in [-0.2, 0) is 32.0 Å². The van der Waals surface area contributed by atoms with Crippen molar-refractivity contribution >= 4 is 6.09 Å².